The SMILES string of the molecule is CSC.Oc1ccc(Cl)c2ccccc12. The Bertz CT molecular complexity index is 402. The van der Waals surface area contributed by atoms with Crippen molar-refractivity contribution in [1.29, 1.82) is 0 Å². The molecule has 2 rings (SSSR count). The molecular formula is C12H13ClOS. The summed E-state index contributed by atoms with van der Waals surface area (Å²) in [5, 5.41) is 11.8. The van der Waals surface area contributed by atoms with E-state index in [1.165, 1.54) is 0 Å². The predicted octanol–water partition coefficient (Wildman–Crippen LogP) is 4.18. The van der Waals surface area contributed by atoms with Crippen molar-refractivity contribution >= 4 is 34.1 Å². The van der Waals surface area contributed by atoms with Crippen LogP contribution in [0.4, 0.5) is 0 Å². The number of thioether (sulfide) groups is 1. The molecule has 0 heterocycles. The molecule has 15 heavy (non-hydrogen) atoms. The third kappa shape index (κ3) is 3.05. The van der Waals surface area contributed by atoms with Crippen molar-refractivity contribution < 1.29 is 5.11 Å². The normalized spacial score (nSPS) is 9.53. The Hall–Kier alpha value is -0.860. The molecule has 0 aliphatic carbocycles. The zero-order chi connectivity index (χ0) is 11.3. The highest BCUT2D eigenvalue weighted by atomic mass is 35.5. The summed E-state index contributed by atoms with van der Waals surface area (Å²) in [6.45, 7) is 0. The maximum Gasteiger partial charge on any atom is 0.123 e. The molecule has 0 unspecified atom stereocenters. The van der Waals surface area contributed by atoms with Crippen LogP contribution in [0.3, 0.4) is 0 Å². The van der Waals surface area contributed by atoms with Crippen LogP contribution in [0.25, 0.3) is 10.8 Å². The Morgan fingerprint density at radius 3 is 2.07 bits per heavy atom. The smallest absolute Gasteiger partial charge is 0.123 e. The third-order valence-electron chi connectivity index (χ3n) is 1.85. The molecule has 2 aromatic carbocycles. The van der Waals surface area contributed by atoms with Gasteiger partial charge in [-0.2, -0.15) is 11.8 Å². The zero-order valence-electron chi connectivity index (χ0n) is 8.70. The first-order valence-electron chi connectivity index (χ1n) is 4.47. The van der Waals surface area contributed by atoms with Crippen molar-refractivity contribution in [2.75, 3.05) is 12.5 Å². The molecule has 1 nitrogen and oxygen atoms in total. The fourth-order valence-electron chi connectivity index (χ4n) is 1.25. The molecular weight excluding hydrogens is 228 g/mol. The van der Waals surface area contributed by atoms with E-state index < -0.39 is 0 Å². The lowest BCUT2D eigenvalue weighted by molar-refractivity contribution is 0.481. The van der Waals surface area contributed by atoms with Crippen LogP contribution in [0.15, 0.2) is 36.4 Å². The molecule has 0 saturated heterocycles. The lowest BCUT2D eigenvalue weighted by Gasteiger charge is -2.01. The number of hydrogen-bond donors (Lipinski definition) is 1. The van der Waals surface area contributed by atoms with E-state index in [2.05, 4.69) is 0 Å². The summed E-state index contributed by atoms with van der Waals surface area (Å²) in [7, 11) is 0. The zero-order valence-corrected chi connectivity index (χ0v) is 10.3. The van der Waals surface area contributed by atoms with Crippen LogP contribution in [0.5, 0.6) is 5.75 Å². The first-order chi connectivity index (χ1) is 7.20. The standard InChI is InChI=1S/C10H7ClO.C2H6S/c11-9-5-6-10(12)8-4-2-1-3-7(8)9;1-3-2/h1-6,12H;1-2H3. The van der Waals surface area contributed by atoms with Gasteiger partial charge in [-0.15, -0.1) is 0 Å². The maximum absolute atomic E-state index is 9.44. The van der Waals surface area contributed by atoms with Crippen LogP contribution in [0, 0.1) is 0 Å². The highest BCUT2D eigenvalue weighted by Crippen LogP contribution is 2.29. The van der Waals surface area contributed by atoms with Crippen molar-refractivity contribution in [3.05, 3.63) is 41.4 Å². The molecule has 0 radical (unpaired) electrons. The topological polar surface area (TPSA) is 20.2 Å². The lowest BCUT2D eigenvalue weighted by atomic mass is 10.1. The van der Waals surface area contributed by atoms with E-state index in [1.54, 1.807) is 23.9 Å². The molecule has 0 spiro atoms. The number of benzene rings is 2. The minimum atomic E-state index is 0.273. The van der Waals surface area contributed by atoms with Gasteiger partial charge in [-0.1, -0.05) is 35.9 Å². The number of aromatic hydroxyl groups is 1. The number of fused-ring (bicyclic) bond motifs is 1. The largest absolute Gasteiger partial charge is 0.507 e. The number of phenols is 1. The molecule has 0 aliphatic rings. The van der Waals surface area contributed by atoms with E-state index in [0.717, 1.165) is 10.8 Å². The van der Waals surface area contributed by atoms with Crippen molar-refractivity contribution in [1.82, 2.24) is 0 Å². The quantitative estimate of drug-likeness (QED) is 0.746. The molecule has 0 aromatic heterocycles. The van der Waals surface area contributed by atoms with Gasteiger partial charge in [0.25, 0.3) is 0 Å². The van der Waals surface area contributed by atoms with Gasteiger partial charge in [-0.25, -0.2) is 0 Å². The van der Waals surface area contributed by atoms with Gasteiger partial charge in [0, 0.05) is 15.8 Å². The number of rotatable bonds is 0. The van der Waals surface area contributed by atoms with Gasteiger partial charge in [0.15, 0.2) is 0 Å². The molecule has 3 heteroatoms. The van der Waals surface area contributed by atoms with Gasteiger partial charge in [-0.3, -0.25) is 0 Å². The summed E-state index contributed by atoms with van der Waals surface area (Å²) in [4.78, 5) is 0. The van der Waals surface area contributed by atoms with Gasteiger partial charge < -0.3 is 5.11 Å². The van der Waals surface area contributed by atoms with Crippen LogP contribution in [-0.2, 0) is 0 Å². The summed E-state index contributed by atoms with van der Waals surface area (Å²) in [6, 6.07) is 10.8. The summed E-state index contributed by atoms with van der Waals surface area (Å²) in [6.07, 6.45) is 4.08. The van der Waals surface area contributed by atoms with Crippen molar-refractivity contribution in [3.8, 4) is 5.75 Å². The molecule has 0 amide bonds. The minimum absolute atomic E-state index is 0.273. The van der Waals surface area contributed by atoms with Crippen LogP contribution in [0.1, 0.15) is 0 Å². The number of hydrogen-bond acceptors (Lipinski definition) is 2. The van der Waals surface area contributed by atoms with Gasteiger partial charge in [0.05, 0.1) is 0 Å². The average Bonchev–Trinajstić information content (AvgIpc) is 2.25. The molecule has 1 N–H and O–H groups in total. The van der Waals surface area contributed by atoms with E-state index in [0.29, 0.717) is 5.02 Å². The van der Waals surface area contributed by atoms with Crippen LogP contribution >= 0.6 is 23.4 Å². The molecule has 2 aromatic rings. The van der Waals surface area contributed by atoms with Crippen LogP contribution < -0.4 is 0 Å². The maximum atomic E-state index is 9.44. The summed E-state index contributed by atoms with van der Waals surface area (Å²) in [5.74, 6) is 0.273. The van der Waals surface area contributed by atoms with Crippen LogP contribution in [-0.4, -0.2) is 17.6 Å². The first kappa shape index (κ1) is 12.2. The minimum Gasteiger partial charge on any atom is -0.507 e. The molecule has 0 saturated carbocycles. The van der Waals surface area contributed by atoms with Crippen molar-refractivity contribution in [3.63, 3.8) is 0 Å². The van der Waals surface area contributed by atoms with Gasteiger partial charge in [0.2, 0.25) is 0 Å². The van der Waals surface area contributed by atoms with E-state index in [1.807, 2.05) is 36.8 Å². The van der Waals surface area contributed by atoms with E-state index in [4.69, 9.17) is 11.6 Å². The molecule has 0 bridgehead atoms. The van der Waals surface area contributed by atoms with Crippen LogP contribution in [0.2, 0.25) is 5.02 Å². The number of halogens is 1. The summed E-state index contributed by atoms with van der Waals surface area (Å²) < 4.78 is 0. The van der Waals surface area contributed by atoms with E-state index in [-0.39, 0.29) is 5.75 Å². The molecule has 0 aliphatic heterocycles. The number of phenolic OH excluding ortho intramolecular Hbond substituents is 1. The molecule has 0 fully saturated rings. The second-order valence-electron chi connectivity index (χ2n) is 3.02. The Morgan fingerprint density at radius 2 is 1.53 bits per heavy atom. The summed E-state index contributed by atoms with van der Waals surface area (Å²) >= 11 is 7.67. The highest BCUT2D eigenvalue weighted by Gasteiger charge is 2.00. The Morgan fingerprint density at radius 1 is 1.00 bits per heavy atom. The highest BCUT2D eigenvalue weighted by molar-refractivity contribution is 7.97. The van der Waals surface area contributed by atoms with Gasteiger partial charge in [-0.05, 0) is 24.6 Å². The van der Waals surface area contributed by atoms with Gasteiger partial charge in [0.1, 0.15) is 5.75 Å². The lowest BCUT2D eigenvalue weighted by Crippen LogP contribution is -1.74. The van der Waals surface area contributed by atoms with Gasteiger partial charge >= 0.3 is 0 Å². The molecule has 80 valence electrons. The fraction of sp³-hybridized carbons (Fsp3) is 0.167. The second kappa shape index (κ2) is 5.89. The average molecular weight is 241 g/mol. The Labute approximate surface area is 99.1 Å². The monoisotopic (exact) mass is 240 g/mol. The first-order valence-corrected chi connectivity index (χ1v) is 6.48. The van der Waals surface area contributed by atoms with Crippen molar-refractivity contribution in [2.45, 2.75) is 0 Å². The summed E-state index contributed by atoms with van der Waals surface area (Å²) in [5.41, 5.74) is 0. The fourth-order valence-corrected chi connectivity index (χ4v) is 1.47. The molecule has 0 atom stereocenters. The van der Waals surface area contributed by atoms with Crippen molar-refractivity contribution in [2.24, 2.45) is 0 Å². The second-order valence-corrected chi connectivity index (χ2v) is 4.24. The predicted molar refractivity (Wildman–Crippen MR) is 70.1 cm³/mol. The Balaban J connectivity index is 0.000000337. The Kier molecular flexibility index (Phi) is 4.79. The van der Waals surface area contributed by atoms with E-state index >= 15 is 0 Å². The van der Waals surface area contributed by atoms with E-state index in [9.17, 15) is 5.11 Å². The third-order valence-corrected chi connectivity index (χ3v) is 2.18.